The summed E-state index contributed by atoms with van der Waals surface area (Å²) in [6, 6.07) is 6.64. The minimum Gasteiger partial charge on any atom is -0.462 e. The predicted octanol–water partition coefficient (Wildman–Crippen LogP) is 3.54. The van der Waals surface area contributed by atoms with Gasteiger partial charge in [0.05, 0.1) is 12.5 Å². The van der Waals surface area contributed by atoms with E-state index in [2.05, 4.69) is 5.32 Å². The molecule has 1 aromatic heterocycles. The van der Waals surface area contributed by atoms with Gasteiger partial charge < -0.3 is 14.6 Å². The maximum Gasteiger partial charge on any atom is 0.341 e. The number of amides is 1. The molecule has 10 heteroatoms. The zero-order valence-electron chi connectivity index (χ0n) is 20.9. The molecule has 0 bridgehead atoms. The van der Waals surface area contributed by atoms with Crippen LogP contribution in [-0.2, 0) is 26.1 Å². The van der Waals surface area contributed by atoms with Gasteiger partial charge in [-0.25, -0.2) is 13.2 Å². The number of hydrogen-bond acceptors (Lipinski definition) is 6. The topological polar surface area (TPSA) is 115 Å². The first kappa shape index (κ1) is 26.6. The van der Waals surface area contributed by atoms with Gasteiger partial charge in [-0.2, -0.15) is 4.31 Å². The van der Waals surface area contributed by atoms with Crippen molar-refractivity contribution in [2.75, 3.05) is 25.0 Å². The standard InChI is InChI=1S/C25H33N3O6S/c1-6-28-16(3)22(25(31)34-7-2)23(17(28)4)35(32,33)27-13-9-11-20(15-27)24(30)26-21-12-8-10-19(14-21)18(5)29/h8,10,12,14,20H,6-7,9,11,13,15H2,1-5H3,(H,26,30)/t20-/m1/s1. The van der Waals surface area contributed by atoms with Crippen molar-refractivity contribution < 1.29 is 27.5 Å². The number of benzene rings is 1. The first-order valence-electron chi connectivity index (χ1n) is 11.8. The second kappa shape index (κ2) is 10.7. The molecule has 2 heterocycles. The van der Waals surface area contributed by atoms with Gasteiger partial charge in [0.25, 0.3) is 0 Å². The molecule has 0 unspecified atom stereocenters. The second-order valence-electron chi connectivity index (χ2n) is 8.67. The van der Waals surface area contributed by atoms with Crippen molar-refractivity contribution in [3.8, 4) is 0 Å². The fraction of sp³-hybridized carbons (Fsp3) is 0.480. The third-order valence-electron chi connectivity index (χ3n) is 6.41. The summed E-state index contributed by atoms with van der Waals surface area (Å²) in [5.74, 6) is -1.66. The fourth-order valence-corrected chi connectivity index (χ4v) is 6.63. The molecule has 35 heavy (non-hydrogen) atoms. The number of aromatic nitrogens is 1. The molecule has 1 fully saturated rings. The minimum absolute atomic E-state index is 0.00137. The Morgan fingerprint density at radius 3 is 2.49 bits per heavy atom. The Labute approximate surface area is 206 Å². The number of carbonyl (C=O) groups is 3. The number of nitrogens with zero attached hydrogens (tertiary/aromatic N) is 2. The van der Waals surface area contributed by atoms with Gasteiger partial charge in [0.15, 0.2) is 5.78 Å². The molecule has 9 nitrogen and oxygen atoms in total. The molecule has 0 radical (unpaired) electrons. The molecule has 1 amide bonds. The molecule has 1 aromatic carbocycles. The van der Waals surface area contributed by atoms with Crippen molar-refractivity contribution in [3.05, 3.63) is 46.8 Å². The molecule has 3 rings (SSSR count). The van der Waals surface area contributed by atoms with Crippen molar-refractivity contribution in [2.45, 2.75) is 58.9 Å². The number of esters is 1. The average Bonchev–Trinajstić information content (AvgIpc) is 3.09. The average molecular weight is 504 g/mol. The number of anilines is 1. The summed E-state index contributed by atoms with van der Waals surface area (Å²) >= 11 is 0. The van der Waals surface area contributed by atoms with Gasteiger partial charge in [-0.1, -0.05) is 12.1 Å². The number of nitrogens with one attached hydrogen (secondary N) is 1. The van der Waals surface area contributed by atoms with Crippen molar-refractivity contribution in [3.63, 3.8) is 0 Å². The van der Waals surface area contributed by atoms with Crippen LogP contribution in [0.3, 0.4) is 0 Å². The molecule has 1 aliphatic rings. The number of sulfonamides is 1. The maximum atomic E-state index is 13.8. The van der Waals surface area contributed by atoms with E-state index < -0.39 is 21.9 Å². The molecule has 0 aliphatic carbocycles. The number of rotatable bonds is 8. The smallest absolute Gasteiger partial charge is 0.341 e. The second-order valence-corrected chi connectivity index (χ2v) is 10.5. The summed E-state index contributed by atoms with van der Waals surface area (Å²) in [5.41, 5.74) is 2.03. The van der Waals surface area contributed by atoms with Crippen LogP contribution in [0.4, 0.5) is 5.69 Å². The van der Waals surface area contributed by atoms with Gasteiger partial charge in [0, 0.05) is 42.3 Å². The first-order chi connectivity index (χ1) is 16.5. The van der Waals surface area contributed by atoms with Gasteiger partial charge in [-0.3, -0.25) is 9.59 Å². The van der Waals surface area contributed by atoms with Gasteiger partial charge >= 0.3 is 5.97 Å². The number of ketones is 1. The van der Waals surface area contributed by atoms with Crippen LogP contribution >= 0.6 is 0 Å². The van der Waals surface area contributed by atoms with Gasteiger partial charge in [0.1, 0.15) is 10.5 Å². The Morgan fingerprint density at radius 2 is 1.86 bits per heavy atom. The van der Waals surface area contributed by atoms with Crippen molar-refractivity contribution >= 4 is 33.4 Å². The molecule has 1 saturated heterocycles. The fourth-order valence-electron chi connectivity index (χ4n) is 4.65. The molecular formula is C25H33N3O6S. The largest absolute Gasteiger partial charge is 0.462 e. The summed E-state index contributed by atoms with van der Waals surface area (Å²) < 4.78 is 35.9. The Hall–Kier alpha value is -2.98. The van der Waals surface area contributed by atoms with Gasteiger partial charge in [-0.15, -0.1) is 0 Å². The predicted molar refractivity (Wildman–Crippen MR) is 132 cm³/mol. The highest BCUT2D eigenvalue weighted by Gasteiger charge is 2.39. The number of carbonyl (C=O) groups excluding carboxylic acids is 3. The van der Waals surface area contributed by atoms with Crippen LogP contribution in [0.5, 0.6) is 0 Å². The van der Waals surface area contributed by atoms with Crippen LogP contribution < -0.4 is 5.32 Å². The van der Waals surface area contributed by atoms with E-state index in [0.717, 1.165) is 0 Å². The Morgan fingerprint density at radius 1 is 1.14 bits per heavy atom. The first-order valence-corrected chi connectivity index (χ1v) is 13.3. The highest BCUT2D eigenvalue weighted by Crippen LogP contribution is 2.33. The Balaban J connectivity index is 1.89. The van der Waals surface area contributed by atoms with Crippen LogP contribution in [0.2, 0.25) is 0 Å². The lowest BCUT2D eigenvalue weighted by Gasteiger charge is -2.31. The van der Waals surface area contributed by atoms with E-state index in [4.69, 9.17) is 4.74 Å². The molecule has 2 aromatic rings. The third-order valence-corrected chi connectivity index (χ3v) is 8.44. The number of Topliss-reactive ketones (excluding diaryl/α,β-unsaturated/α-hetero) is 1. The Kier molecular flexibility index (Phi) is 8.17. The Bertz CT molecular complexity index is 1250. The molecule has 0 spiro atoms. The van der Waals surface area contributed by atoms with E-state index in [-0.39, 0.29) is 41.8 Å². The lowest BCUT2D eigenvalue weighted by Crippen LogP contribution is -2.44. The lowest BCUT2D eigenvalue weighted by molar-refractivity contribution is -0.120. The van der Waals surface area contributed by atoms with Crippen LogP contribution in [0.1, 0.15) is 65.7 Å². The van der Waals surface area contributed by atoms with Gasteiger partial charge in [0.2, 0.25) is 15.9 Å². The van der Waals surface area contributed by atoms with Crippen LogP contribution in [0.25, 0.3) is 0 Å². The molecule has 1 N–H and O–H groups in total. The summed E-state index contributed by atoms with van der Waals surface area (Å²) in [7, 11) is -4.07. The van der Waals surface area contributed by atoms with Crippen molar-refractivity contribution in [2.24, 2.45) is 5.92 Å². The number of hydrogen-bond donors (Lipinski definition) is 1. The molecule has 1 aliphatic heterocycles. The van der Waals surface area contributed by atoms with E-state index in [1.54, 1.807) is 49.6 Å². The SMILES string of the molecule is CCOC(=O)c1c(S(=O)(=O)N2CCC[C@@H](C(=O)Nc3cccc(C(C)=O)c3)C2)c(C)n(CC)c1C. The molecular weight excluding hydrogens is 470 g/mol. The maximum absolute atomic E-state index is 13.8. The lowest BCUT2D eigenvalue weighted by atomic mass is 9.98. The number of ether oxygens (including phenoxy) is 1. The summed E-state index contributed by atoms with van der Waals surface area (Å²) in [6.45, 7) is 9.28. The van der Waals surface area contributed by atoms with E-state index in [1.165, 1.54) is 11.2 Å². The molecule has 190 valence electrons. The van der Waals surface area contributed by atoms with Crippen LogP contribution in [0, 0.1) is 19.8 Å². The van der Waals surface area contributed by atoms with E-state index in [0.29, 0.717) is 42.0 Å². The molecule has 0 saturated carbocycles. The van der Waals surface area contributed by atoms with Gasteiger partial charge in [-0.05, 0) is 59.6 Å². The van der Waals surface area contributed by atoms with E-state index in [1.807, 2.05) is 6.92 Å². The highest BCUT2D eigenvalue weighted by molar-refractivity contribution is 7.89. The van der Waals surface area contributed by atoms with E-state index >= 15 is 0 Å². The highest BCUT2D eigenvalue weighted by atomic mass is 32.2. The minimum atomic E-state index is -4.07. The summed E-state index contributed by atoms with van der Waals surface area (Å²) in [5, 5.41) is 2.81. The zero-order chi connectivity index (χ0) is 25.9. The zero-order valence-corrected chi connectivity index (χ0v) is 21.7. The summed E-state index contributed by atoms with van der Waals surface area (Å²) in [4.78, 5) is 37.3. The normalized spacial score (nSPS) is 16.7. The summed E-state index contributed by atoms with van der Waals surface area (Å²) in [6.07, 6.45) is 1.04. The molecule has 1 atom stereocenters. The van der Waals surface area contributed by atoms with Crippen LogP contribution in [-0.4, -0.2) is 54.6 Å². The van der Waals surface area contributed by atoms with Crippen LogP contribution in [0.15, 0.2) is 29.2 Å². The van der Waals surface area contributed by atoms with Crippen molar-refractivity contribution in [1.29, 1.82) is 0 Å². The quantitative estimate of drug-likeness (QED) is 0.435. The third kappa shape index (κ3) is 5.33. The van der Waals surface area contributed by atoms with E-state index in [9.17, 15) is 22.8 Å². The number of piperidine rings is 1. The van der Waals surface area contributed by atoms with Crippen molar-refractivity contribution in [1.82, 2.24) is 8.87 Å². The monoisotopic (exact) mass is 503 g/mol.